The summed E-state index contributed by atoms with van der Waals surface area (Å²) in [6.45, 7) is 4.25. The Bertz CT molecular complexity index is 58.6. The molecular formula is C6H12S. The molecule has 0 rings (SSSR count). The van der Waals surface area contributed by atoms with Crippen LogP contribution in [0.2, 0.25) is 0 Å². The van der Waals surface area contributed by atoms with Gasteiger partial charge in [-0.2, -0.15) is 0 Å². The van der Waals surface area contributed by atoms with Crippen LogP contribution in [-0.2, 0) is 0 Å². The molecule has 0 spiro atoms. The van der Waals surface area contributed by atoms with Gasteiger partial charge in [0.1, 0.15) is 0 Å². The van der Waals surface area contributed by atoms with Gasteiger partial charge in [-0.05, 0) is 24.5 Å². The molecule has 0 aromatic carbocycles. The Morgan fingerprint density at radius 2 is 2.29 bits per heavy atom. The van der Waals surface area contributed by atoms with Crippen LogP contribution in [0.1, 0.15) is 20.3 Å². The topological polar surface area (TPSA) is 0 Å². The zero-order valence-corrected chi connectivity index (χ0v) is 6.01. The molecule has 0 heterocycles. The normalized spacial score (nSPS) is 12.1. The maximum absolute atomic E-state index is 2.17. The monoisotopic (exact) mass is 116 g/mol. The van der Waals surface area contributed by atoms with E-state index < -0.39 is 0 Å². The molecule has 0 aliphatic rings. The smallest absolute Gasteiger partial charge is 0.0140 e. The number of thioether (sulfide) groups is 1. The molecule has 0 saturated carbocycles. The second kappa shape index (κ2) is 4.25. The summed E-state index contributed by atoms with van der Waals surface area (Å²) < 4.78 is 0. The van der Waals surface area contributed by atoms with Gasteiger partial charge in [0.15, 0.2) is 0 Å². The maximum atomic E-state index is 2.17. The molecule has 0 radical (unpaired) electrons. The average Bonchev–Trinajstić information content (AvgIpc) is 1.72. The largest absolute Gasteiger partial charge is 0.134 e. The Hall–Kier alpha value is 0.0900. The standard InChI is InChI=1S/C6H12S/c1-4-6(5-2)7-3/h4H,5H2,1-3H3. The fourth-order valence-electron chi connectivity index (χ4n) is 0.466. The second-order valence-corrected chi connectivity index (χ2v) is 2.25. The predicted molar refractivity (Wildman–Crippen MR) is 37.6 cm³/mol. The first-order valence-electron chi connectivity index (χ1n) is 2.54. The Morgan fingerprint density at radius 3 is 2.29 bits per heavy atom. The van der Waals surface area contributed by atoms with E-state index in [1.54, 1.807) is 0 Å². The third kappa shape index (κ3) is 2.75. The second-order valence-electron chi connectivity index (χ2n) is 1.31. The quantitative estimate of drug-likeness (QED) is 0.534. The van der Waals surface area contributed by atoms with Gasteiger partial charge < -0.3 is 0 Å². The Labute approximate surface area is 50.0 Å². The predicted octanol–water partition coefficient (Wildman–Crippen LogP) is 2.66. The molecule has 0 amide bonds. The first kappa shape index (κ1) is 7.09. The summed E-state index contributed by atoms with van der Waals surface area (Å²) in [6, 6.07) is 0. The molecule has 0 saturated heterocycles. The van der Waals surface area contributed by atoms with E-state index in [1.807, 2.05) is 11.8 Å². The Kier molecular flexibility index (Phi) is 4.31. The molecular weight excluding hydrogens is 104 g/mol. The fraction of sp³-hybridized carbons (Fsp3) is 0.667. The lowest BCUT2D eigenvalue weighted by molar-refractivity contribution is 1.19. The summed E-state index contributed by atoms with van der Waals surface area (Å²) in [4.78, 5) is 1.47. The van der Waals surface area contributed by atoms with Crippen LogP contribution in [0.3, 0.4) is 0 Å². The fourth-order valence-corrected chi connectivity index (χ4v) is 0.991. The van der Waals surface area contributed by atoms with Crippen molar-refractivity contribution >= 4 is 11.8 Å². The molecule has 0 aromatic rings. The first-order valence-corrected chi connectivity index (χ1v) is 3.76. The van der Waals surface area contributed by atoms with Gasteiger partial charge >= 0.3 is 0 Å². The summed E-state index contributed by atoms with van der Waals surface area (Å²) >= 11 is 1.83. The first-order chi connectivity index (χ1) is 3.35. The SMILES string of the molecule is CC=C(CC)SC. The van der Waals surface area contributed by atoms with E-state index in [9.17, 15) is 0 Å². The summed E-state index contributed by atoms with van der Waals surface area (Å²) in [5.41, 5.74) is 0. The van der Waals surface area contributed by atoms with Gasteiger partial charge in [0.25, 0.3) is 0 Å². The third-order valence-electron chi connectivity index (χ3n) is 0.933. The highest BCUT2D eigenvalue weighted by molar-refractivity contribution is 8.02. The molecule has 0 N–H and O–H groups in total. The van der Waals surface area contributed by atoms with Gasteiger partial charge in [-0.1, -0.05) is 13.0 Å². The van der Waals surface area contributed by atoms with Crippen LogP contribution in [-0.4, -0.2) is 6.26 Å². The molecule has 1 heteroatoms. The van der Waals surface area contributed by atoms with Gasteiger partial charge in [-0.25, -0.2) is 0 Å². The summed E-state index contributed by atoms with van der Waals surface area (Å²) in [7, 11) is 0. The number of hydrogen-bond donors (Lipinski definition) is 0. The highest BCUT2D eigenvalue weighted by Crippen LogP contribution is 2.13. The molecule has 0 unspecified atom stereocenters. The lowest BCUT2D eigenvalue weighted by Gasteiger charge is -1.92. The van der Waals surface area contributed by atoms with Gasteiger partial charge in [0.2, 0.25) is 0 Å². The molecule has 7 heavy (non-hydrogen) atoms. The van der Waals surface area contributed by atoms with Crippen molar-refractivity contribution in [2.45, 2.75) is 20.3 Å². The highest BCUT2D eigenvalue weighted by Gasteiger charge is 1.82. The summed E-state index contributed by atoms with van der Waals surface area (Å²) in [6.07, 6.45) is 5.45. The van der Waals surface area contributed by atoms with Crippen LogP contribution in [0, 0.1) is 0 Å². The molecule has 0 aromatic heterocycles. The van der Waals surface area contributed by atoms with E-state index in [-0.39, 0.29) is 0 Å². The van der Waals surface area contributed by atoms with E-state index in [1.165, 1.54) is 11.3 Å². The molecule has 0 fully saturated rings. The van der Waals surface area contributed by atoms with E-state index >= 15 is 0 Å². The van der Waals surface area contributed by atoms with Crippen molar-refractivity contribution in [3.8, 4) is 0 Å². The minimum Gasteiger partial charge on any atom is -0.134 e. The van der Waals surface area contributed by atoms with Gasteiger partial charge in [0, 0.05) is 0 Å². The zero-order valence-electron chi connectivity index (χ0n) is 5.19. The molecule has 0 aliphatic heterocycles. The van der Waals surface area contributed by atoms with Crippen molar-refractivity contribution in [1.29, 1.82) is 0 Å². The van der Waals surface area contributed by atoms with E-state index in [0.717, 1.165) is 0 Å². The van der Waals surface area contributed by atoms with Crippen molar-refractivity contribution in [2.24, 2.45) is 0 Å². The lowest BCUT2D eigenvalue weighted by Crippen LogP contribution is -1.66. The summed E-state index contributed by atoms with van der Waals surface area (Å²) in [5, 5.41) is 0. The number of hydrogen-bond acceptors (Lipinski definition) is 1. The van der Waals surface area contributed by atoms with Crippen molar-refractivity contribution < 1.29 is 0 Å². The van der Waals surface area contributed by atoms with E-state index in [4.69, 9.17) is 0 Å². The minimum absolute atomic E-state index is 1.18. The molecule has 0 nitrogen and oxygen atoms in total. The van der Waals surface area contributed by atoms with Crippen LogP contribution < -0.4 is 0 Å². The Balaban J connectivity index is 3.38. The molecule has 42 valence electrons. The third-order valence-corrected chi connectivity index (χ3v) is 1.98. The van der Waals surface area contributed by atoms with E-state index in [0.29, 0.717) is 0 Å². The van der Waals surface area contributed by atoms with Crippen molar-refractivity contribution in [3.63, 3.8) is 0 Å². The van der Waals surface area contributed by atoms with Crippen LogP contribution in [0.4, 0.5) is 0 Å². The Morgan fingerprint density at radius 1 is 1.71 bits per heavy atom. The molecule has 0 atom stereocenters. The lowest BCUT2D eigenvalue weighted by atomic mass is 10.4. The highest BCUT2D eigenvalue weighted by atomic mass is 32.2. The average molecular weight is 116 g/mol. The van der Waals surface area contributed by atoms with Crippen molar-refractivity contribution in [3.05, 3.63) is 11.0 Å². The molecule has 0 bridgehead atoms. The van der Waals surface area contributed by atoms with Gasteiger partial charge in [-0.3, -0.25) is 0 Å². The number of allylic oxidation sites excluding steroid dienone is 2. The zero-order chi connectivity index (χ0) is 5.70. The molecule has 0 aliphatic carbocycles. The van der Waals surface area contributed by atoms with Crippen LogP contribution >= 0.6 is 11.8 Å². The minimum atomic E-state index is 1.18. The maximum Gasteiger partial charge on any atom is -0.0140 e. The van der Waals surface area contributed by atoms with Gasteiger partial charge in [-0.15, -0.1) is 11.8 Å². The summed E-state index contributed by atoms with van der Waals surface area (Å²) in [5.74, 6) is 0. The van der Waals surface area contributed by atoms with E-state index in [2.05, 4.69) is 26.2 Å². The number of rotatable bonds is 2. The van der Waals surface area contributed by atoms with Crippen LogP contribution in [0.15, 0.2) is 11.0 Å². The van der Waals surface area contributed by atoms with Crippen molar-refractivity contribution in [2.75, 3.05) is 6.26 Å². The van der Waals surface area contributed by atoms with Crippen LogP contribution in [0.25, 0.3) is 0 Å². The van der Waals surface area contributed by atoms with Gasteiger partial charge in [0.05, 0.1) is 0 Å². The van der Waals surface area contributed by atoms with Crippen LogP contribution in [0.5, 0.6) is 0 Å². The van der Waals surface area contributed by atoms with Crippen molar-refractivity contribution in [1.82, 2.24) is 0 Å².